The van der Waals surface area contributed by atoms with Crippen LogP contribution in [-0.2, 0) is 6.18 Å². The number of hydrogen-bond acceptors (Lipinski definition) is 5. The summed E-state index contributed by atoms with van der Waals surface area (Å²) in [5.41, 5.74) is -0.689. The van der Waals surface area contributed by atoms with Crippen LogP contribution in [0.25, 0.3) is 11.0 Å². The highest BCUT2D eigenvalue weighted by Crippen LogP contribution is 2.31. The molecule has 9 heteroatoms. The van der Waals surface area contributed by atoms with Crippen molar-refractivity contribution in [2.75, 3.05) is 6.61 Å². The molecule has 0 unspecified atom stereocenters. The Labute approximate surface area is 116 Å². The van der Waals surface area contributed by atoms with E-state index in [0.717, 1.165) is 18.2 Å². The molecule has 0 saturated carbocycles. The summed E-state index contributed by atoms with van der Waals surface area (Å²) in [4.78, 5) is 6.32. The molecule has 1 aromatic carbocycles. The lowest BCUT2D eigenvalue weighted by molar-refractivity contribution is -0.137. The number of nitrogens with one attached hydrogen (secondary N) is 1. The third-order valence-electron chi connectivity index (χ3n) is 3.01. The number of aromatic amines is 1. The molecule has 0 spiro atoms. The summed E-state index contributed by atoms with van der Waals surface area (Å²) in [6.07, 6.45) is -9.51. The first kappa shape index (κ1) is 15.7. The highest BCUT2D eigenvalue weighted by Gasteiger charge is 2.32. The van der Waals surface area contributed by atoms with E-state index >= 15 is 0 Å². The van der Waals surface area contributed by atoms with Crippen LogP contribution in [0.3, 0.4) is 0 Å². The molecule has 2 rings (SSSR count). The van der Waals surface area contributed by atoms with Crippen LogP contribution in [0.5, 0.6) is 0 Å². The smallest absolute Gasteiger partial charge is 0.394 e. The third kappa shape index (κ3) is 3.16. The molecule has 0 saturated heterocycles. The Hall–Kier alpha value is -1.68. The predicted molar refractivity (Wildman–Crippen MR) is 65.2 cm³/mol. The standard InChI is InChI=1S/C12H13F3N2O4/c13-12(14,15)5-1-2-6-7(3-5)17-11(16-6)10(21)9(20)8(19)4-18/h1-3,8-10,18-21H,4H2,(H,16,17)/t8-,9-,10-/m1/s1. The van der Waals surface area contributed by atoms with Crippen molar-refractivity contribution in [1.82, 2.24) is 9.97 Å². The average Bonchev–Trinajstić information content (AvgIpc) is 2.86. The molecule has 0 aliphatic carbocycles. The van der Waals surface area contributed by atoms with Crippen molar-refractivity contribution in [2.24, 2.45) is 0 Å². The Bertz CT molecular complexity index is 628. The van der Waals surface area contributed by atoms with Crippen molar-refractivity contribution in [2.45, 2.75) is 24.5 Å². The van der Waals surface area contributed by atoms with Crippen molar-refractivity contribution in [3.05, 3.63) is 29.6 Å². The number of imidazole rings is 1. The lowest BCUT2D eigenvalue weighted by Gasteiger charge is -2.19. The quantitative estimate of drug-likeness (QED) is 0.559. The lowest BCUT2D eigenvalue weighted by Crippen LogP contribution is -2.35. The van der Waals surface area contributed by atoms with Gasteiger partial charge in [0.15, 0.2) is 0 Å². The summed E-state index contributed by atoms with van der Waals surface area (Å²) < 4.78 is 37.7. The molecule has 0 aliphatic rings. The zero-order chi connectivity index (χ0) is 15.8. The summed E-state index contributed by atoms with van der Waals surface area (Å²) >= 11 is 0. The summed E-state index contributed by atoms with van der Waals surface area (Å²) in [6, 6.07) is 2.81. The third-order valence-corrected chi connectivity index (χ3v) is 3.01. The van der Waals surface area contributed by atoms with Gasteiger partial charge in [-0.1, -0.05) is 0 Å². The maximum atomic E-state index is 12.6. The first-order chi connectivity index (χ1) is 9.74. The summed E-state index contributed by atoms with van der Waals surface area (Å²) in [5, 5.41) is 37.3. The maximum Gasteiger partial charge on any atom is 0.416 e. The molecular formula is C12H13F3N2O4. The molecule has 0 amide bonds. The minimum atomic E-state index is -4.52. The van der Waals surface area contributed by atoms with Crippen LogP contribution in [0.15, 0.2) is 18.2 Å². The summed E-state index contributed by atoms with van der Waals surface area (Å²) in [5.74, 6) is -0.204. The van der Waals surface area contributed by atoms with Gasteiger partial charge in [0.1, 0.15) is 24.1 Å². The van der Waals surface area contributed by atoms with E-state index in [1.54, 1.807) is 0 Å². The molecule has 1 heterocycles. The number of rotatable bonds is 4. The molecule has 5 N–H and O–H groups in total. The van der Waals surface area contributed by atoms with Gasteiger partial charge in [-0.15, -0.1) is 0 Å². The van der Waals surface area contributed by atoms with E-state index in [1.165, 1.54) is 0 Å². The highest BCUT2D eigenvalue weighted by molar-refractivity contribution is 5.76. The molecule has 1 aromatic heterocycles. The number of H-pyrrole nitrogens is 1. The fourth-order valence-electron chi connectivity index (χ4n) is 1.82. The van der Waals surface area contributed by atoms with Gasteiger partial charge in [-0.2, -0.15) is 13.2 Å². The van der Waals surface area contributed by atoms with Crippen LogP contribution in [0, 0.1) is 0 Å². The molecule has 6 nitrogen and oxygen atoms in total. The van der Waals surface area contributed by atoms with E-state index in [-0.39, 0.29) is 16.9 Å². The van der Waals surface area contributed by atoms with E-state index < -0.39 is 36.7 Å². The van der Waals surface area contributed by atoms with Crippen LogP contribution < -0.4 is 0 Å². The monoisotopic (exact) mass is 306 g/mol. The zero-order valence-corrected chi connectivity index (χ0v) is 10.5. The Morgan fingerprint density at radius 3 is 2.43 bits per heavy atom. The van der Waals surface area contributed by atoms with Crippen LogP contribution in [0.4, 0.5) is 13.2 Å². The van der Waals surface area contributed by atoms with Gasteiger partial charge in [0.25, 0.3) is 0 Å². The average molecular weight is 306 g/mol. The molecule has 0 aliphatic heterocycles. The van der Waals surface area contributed by atoms with Gasteiger partial charge < -0.3 is 25.4 Å². The number of fused-ring (bicyclic) bond motifs is 1. The minimum absolute atomic E-state index is 0.0374. The normalized spacial score (nSPS) is 16.9. The van der Waals surface area contributed by atoms with Gasteiger partial charge in [0.2, 0.25) is 0 Å². The van der Waals surface area contributed by atoms with Crippen molar-refractivity contribution < 1.29 is 33.6 Å². The number of hydrogen-bond donors (Lipinski definition) is 5. The molecular weight excluding hydrogens is 293 g/mol. The maximum absolute atomic E-state index is 12.6. The van der Waals surface area contributed by atoms with Gasteiger partial charge in [-0.05, 0) is 18.2 Å². The first-order valence-electron chi connectivity index (χ1n) is 5.96. The SMILES string of the molecule is OC[C@@H](O)[C@@H](O)[C@@H](O)c1nc2cc(C(F)(F)F)ccc2[nH]1. The Balaban J connectivity index is 2.35. The van der Waals surface area contributed by atoms with Crippen LogP contribution in [0.2, 0.25) is 0 Å². The van der Waals surface area contributed by atoms with Gasteiger partial charge in [0.05, 0.1) is 23.2 Å². The molecule has 2 aromatic rings. The number of halogens is 3. The second-order valence-corrected chi connectivity index (χ2v) is 4.54. The van der Waals surface area contributed by atoms with E-state index in [0.29, 0.717) is 0 Å². The largest absolute Gasteiger partial charge is 0.416 e. The van der Waals surface area contributed by atoms with Gasteiger partial charge >= 0.3 is 6.18 Å². The van der Waals surface area contributed by atoms with Crippen molar-refractivity contribution >= 4 is 11.0 Å². The first-order valence-corrected chi connectivity index (χ1v) is 5.96. The Morgan fingerprint density at radius 1 is 1.19 bits per heavy atom. The fraction of sp³-hybridized carbons (Fsp3) is 0.417. The van der Waals surface area contributed by atoms with E-state index in [4.69, 9.17) is 5.11 Å². The number of alkyl halides is 3. The Morgan fingerprint density at radius 2 is 1.86 bits per heavy atom. The van der Waals surface area contributed by atoms with Crippen molar-refractivity contribution in [1.29, 1.82) is 0 Å². The lowest BCUT2D eigenvalue weighted by atomic mass is 10.1. The highest BCUT2D eigenvalue weighted by atomic mass is 19.4. The van der Waals surface area contributed by atoms with Crippen LogP contribution in [-0.4, -0.2) is 49.2 Å². The molecule has 21 heavy (non-hydrogen) atoms. The topological polar surface area (TPSA) is 110 Å². The molecule has 0 radical (unpaired) electrons. The number of nitrogens with zero attached hydrogens (tertiary/aromatic N) is 1. The number of aromatic nitrogens is 2. The summed E-state index contributed by atoms with van der Waals surface area (Å²) in [7, 11) is 0. The van der Waals surface area contributed by atoms with Crippen LogP contribution in [0.1, 0.15) is 17.5 Å². The van der Waals surface area contributed by atoms with Gasteiger partial charge in [0, 0.05) is 0 Å². The number of aliphatic hydroxyl groups excluding tert-OH is 4. The van der Waals surface area contributed by atoms with Crippen LogP contribution >= 0.6 is 0 Å². The zero-order valence-electron chi connectivity index (χ0n) is 10.5. The van der Waals surface area contributed by atoms with Gasteiger partial charge in [-0.3, -0.25) is 0 Å². The van der Waals surface area contributed by atoms with Crippen molar-refractivity contribution in [3.8, 4) is 0 Å². The molecule has 116 valence electrons. The second kappa shape index (κ2) is 5.60. The Kier molecular flexibility index (Phi) is 4.19. The van der Waals surface area contributed by atoms with E-state index in [1.807, 2.05) is 0 Å². The number of aliphatic hydroxyl groups is 4. The van der Waals surface area contributed by atoms with Gasteiger partial charge in [-0.25, -0.2) is 4.98 Å². The fourth-order valence-corrected chi connectivity index (χ4v) is 1.82. The van der Waals surface area contributed by atoms with E-state index in [9.17, 15) is 28.5 Å². The van der Waals surface area contributed by atoms with E-state index in [2.05, 4.69) is 9.97 Å². The minimum Gasteiger partial charge on any atom is -0.394 e. The van der Waals surface area contributed by atoms with Crippen molar-refractivity contribution in [3.63, 3.8) is 0 Å². The second-order valence-electron chi connectivity index (χ2n) is 4.54. The molecule has 0 fully saturated rings. The molecule has 3 atom stereocenters. The predicted octanol–water partition coefficient (Wildman–Crippen LogP) is 0.329. The molecule has 0 bridgehead atoms. The number of benzene rings is 1. The summed E-state index contributed by atoms with van der Waals surface area (Å²) in [6.45, 7) is -0.781.